The number of hydrogen-bond acceptors (Lipinski definition) is 4. The number of carbonyl (C=O) groups excluding carboxylic acids is 1. The van der Waals surface area contributed by atoms with Crippen LogP contribution in [0.25, 0.3) is 5.52 Å². The predicted octanol–water partition coefficient (Wildman–Crippen LogP) is 1.92. The Balaban J connectivity index is 2.24. The minimum Gasteiger partial charge on any atom is -0.359 e. The van der Waals surface area contributed by atoms with E-state index in [0.717, 1.165) is 11.2 Å². The number of anilines is 1. The fourth-order valence-corrected chi connectivity index (χ4v) is 1.90. The summed E-state index contributed by atoms with van der Waals surface area (Å²) in [5, 5.41) is 7.67. The Kier molecular flexibility index (Phi) is 4.16. The van der Waals surface area contributed by atoms with E-state index in [1.54, 1.807) is 22.7 Å². The summed E-state index contributed by atoms with van der Waals surface area (Å²) in [5.74, 6) is 0.718. The smallest absolute Gasteiger partial charge is 0.241 e. The van der Waals surface area contributed by atoms with Crippen molar-refractivity contribution in [2.24, 2.45) is 0 Å². The zero-order valence-corrected chi connectivity index (χ0v) is 13.3. The van der Waals surface area contributed by atoms with Crippen molar-refractivity contribution in [1.82, 2.24) is 19.5 Å². The molecule has 0 unspecified atom stereocenters. The maximum absolute atomic E-state index is 11.9. The molecule has 0 saturated heterocycles. The van der Waals surface area contributed by atoms with Crippen LogP contribution in [0.15, 0.2) is 18.5 Å². The highest BCUT2D eigenvalue weighted by molar-refractivity contribution is 5.82. The summed E-state index contributed by atoms with van der Waals surface area (Å²) in [4.78, 5) is 17.8. The zero-order chi connectivity index (χ0) is 15.6. The molecule has 1 N–H and O–H groups in total. The molecule has 0 aliphatic carbocycles. The molecule has 114 valence electrons. The monoisotopic (exact) mass is 289 g/mol. The van der Waals surface area contributed by atoms with E-state index in [1.807, 2.05) is 19.2 Å². The number of rotatable bonds is 4. The van der Waals surface area contributed by atoms with E-state index in [9.17, 15) is 4.79 Å². The van der Waals surface area contributed by atoms with Crippen LogP contribution in [0.4, 0.5) is 5.82 Å². The van der Waals surface area contributed by atoms with E-state index in [0.29, 0.717) is 12.4 Å². The van der Waals surface area contributed by atoms with Crippen molar-refractivity contribution < 1.29 is 4.79 Å². The molecule has 0 saturated carbocycles. The topological polar surface area (TPSA) is 62.5 Å². The molecule has 0 fully saturated rings. The molecule has 0 spiro atoms. The molecule has 0 aromatic carbocycles. The molecule has 1 amide bonds. The van der Waals surface area contributed by atoms with Crippen LogP contribution < -0.4 is 5.32 Å². The molecule has 0 bridgehead atoms. The lowest BCUT2D eigenvalue weighted by Crippen LogP contribution is -2.32. The average Bonchev–Trinajstić information content (AvgIpc) is 2.88. The Morgan fingerprint density at radius 1 is 1.43 bits per heavy atom. The summed E-state index contributed by atoms with van der Waals surface area (Å²) in [7, 11) is 1.79. The molecule has 6 nitrogen and oxygen atoms in total. The molecule has 21 heavy (non-hydrogen) atoms. The lowest BCUT2D eigenvalue weighted by molar-refractivity contribution is -0.127. The van der Waals surface area contributed by atoms with Crippen LogP contribution in [0.5, 0.6) is 0 Å². The first-order valence-electron chi connectivity index (χ1n) is 7.15. The first kappa shape index (κ1) is 15.3. The van der Waals surface area contributed by atoms with Crippen molar-refractivity contribution in [2.45, 2.75) is 33.1 Å². The van der Waals surface area contributed by atoms with Crippen LogP contribution in [0, 0.1) is 0 Å². The van der Waals surface area contributed by atoms with Gasteiger partial charge in [0.05, 0.1) is 12.2 Å². The van der Waals surface area contributed by atoms with Gasteiger partial charge in [0, 0.05) is 31.4 Å². The van der Waals surface area contributed by atoms with Crippen molar-refractivity contribution in [3.05, 3.63) is 24.2 Å². The fraction of sp³-hybridized carbons (Fsp3) is 0.533. The lowest BCUT2D eigenvalue weighted by Gasteiger charge is -2.15. The number of nitrogens with zero attached hydrogens (tertiary/aromatic N) is 4. The van der Waals surface area contributed by atoms with Crippen molar-refractivity contribution in [2.75, 3.05) is 25.5 Å². The lowest BCUT2D eigenvalue weighted by atomic mass is 9.92. The van der Waals surface area contributed by atoms with Crippen LogP contribution in [-0.4, -0.2) is 45.5 Å². The molecule has 2 rings (SSSR count). The van der Waals surface area contributed by atoms with Crippen molar-refractivity contribution in [1.29, 1.82) is 0 Å². The molecular weight excluding hydrogens is 266 g/mol. The standard InChI is InChI=1S/C15H23N5O/c1-6-19(5)13(21)10-17-14-11-9-12(15(2,3)4)18-20(11)8-7-16-14/h7-9H,6,10H2,1-5H3,(H,16,17). The van der Waals surface area contributed by atoms with Gasteiger partial charge in [-0.3, -0.25) is 4.79 Å². The fourth-order valence-electron chi connectivity index (χ4n) is 1.90. The Bertz CT molecular complexity index is 641. The largest absolute Gasteiger partial charge is 0.359 e. The minimum absolute atomic E-state index is 0.0263. The van der Waals surface area contributed by atoms with Crippen LogP contribution in [0.1, 0.15) is 33.4 Å². The van der Waals surface area contributed by atoms with Gasteiger partial charge in [0.1, 0.15) is 5.52 Å². The molecule has 0 atom stereocenters. The van der Waals surface area contributed by atoms with Gasteiger partial charge in [-0.2, -0.15) is 5.10 Å². The van der Waals surface area contributed by atoms with Gasteiger partial charge in [0.25, 0.3) is 0 Å². The van der Waals surface area contributed by atoms with Crippen LogP contribution in [-0.2, 0) is 10.2 Å². The van der Waals surface area contributed by atoms with Gasteiger partial charge < -0.3 is 10.2 Å². The first-order valence-corrected chi connectivity index (χ1v) is 7.15. The van der Waals surface area contributed by atoms with E-state index in [-0.39, 0.29) is 17.9 Å². The van der Waals surface area contributed by atoms with Crippen molar-refractivity contribution in [3.63, 3.8) is 0 Å². The molecule has 0 aliphatic heterocycles. The second kappa shape index (κ2) is 5.71. The van der Waals surface area contributed by atoms with Gasteiger partial charge in [-0.1, -0.05) is 20.8 Å². The third-order valence-corrected chi connectivity index (χ3v) is 3.47. The normalized spacial score (nSPS) is 11.7. The summed E-state index contributed by atoms with van der Waals surface area (Å²) in [5.41, 5.74) is 1.85. The zero-order valence-electron chi connectivity index (χ0n) is 13.3. The van der Waals surface area contributed by atoms with Gasteiger partial charge in [-0.25, -0.2) is 9.50 Å². The summed E-state index contributed by atoms with van der Waals surface area (Å²) >= 11 is 0. The van der Waals surface area contributed by atoms with Crippen molar-refractivity contribution in [3.8, 4) is 0 Å². The predicted molar refractivity (Wildman–Crippen MR) is 83.5 cm³/mol. The molecular formula is C15H23N5O. The Labute approximate surface area is 125 Å². The van der Waals surface area contributed by atoms with Crippen LogP contribution >= 0.6 is 0 Å². The van der Waals surface area contributed by atoms with Gasteiger partial charge in [0.2, 0.25) is 5.91 Å². The summed E-state index contributed by atoms with van der Waals surface area (Å²) in [6, 6.07) is 2.02. The quantitative estimate of drug-likeness (QED) is 0.934. The molecule has 2 heterocycles. The molecule has 2 aromatic heterocycles. The molecule has 0 aliphatic rings. The number of carbonyl (C=O) groups is 1. The van der Waals surface area contributed by atoms with Crippen LogP contribution in [0.2, 0.25) is 0 Å². The maximum Gasteiger partial charge on any atom is 0.241 e. The second-order valence-electron chi connectivity index (χ2n) is 6.15. The third kappa shape index (κ3) is 3.32. The second-order valence-corrected chi connectivity index (χ2v) is 6.15. The number of hydrogen-bond donors (Lipinski definition) is 1. The average molecular weight is 289 g/mol. The molecule has 6 heteroatoms. The summed E-state index contributed by atoms with van der Waals surface area (Å²) < 4.78 is 1.80. The Morgan fingerprint density at radius 3 is 2.76 bits per heavy atom. The summed E-state index contributed by atoms with van der Waals surface area (Å²) in [6.45, 7) is 9.23. The highest BCUT2D eigenvalue weighted by Crippen LogP contribution is 2.24. The van der Waals surface area contributed by atoms with E-state index < -0.39 is 0 Å². The Morgan fingerprint density at radius 2 is 2.14 bits per heavy atom. The molecule has 2 aromatic rings. The number of likely N-dealkylation sites (N-methyl/N-ethyl adjacent to an activating group) is 1. The van der Waals surface area contributed by atoms with Gasteiger partial charge in [-0.15, -0.1) is 0 Å². The third-order valence-electron chi connectivity index (χ3n) is 3.47. The maximum atomic E-state index is 11.9. The first-order chi connectivity index (χ1) is 9.82. The number of fused-ring (bicyclic) bond motifs is 1. The van der Waals surface area contributed by atoms with Crippen LogP contribution in [0.3, 0.4) is 0 Å². The van der Waals surface area contributed by atoms with E-state index in [2.05, 4.69) is 36.2 Å². The number of nitrogens with one attached hydrogen (secondary N) is 1. The van der Waals surface area contributed by atoms with E-state index in [1.165, 1.54) is 0 Å². The highest BCUT2D eigenvalue weighted by Gasteiger charge is 2.19. The number of amides is 1. The molecule has 0 radical (unpaired) electrons. The number of aromatic nitrogens is 3. The highest BCUT2D eigenvalue weighted by atomic mass is 16.2. The minimum atomic E-state index is -0.0263. The van der Waals surface area contributed by atoms with E-state index in [4.69, 9.17) is 0 Å². The van der Waals surface area contributed by atoms with Gasteiger partial charge in [0.15, 0.2) is 5.82 Å². The van der Waals surface area contributed by atoms with Gasteiger partial charge >= 0.3 is 0 Å². The van der Waals surface area contributed by atoms with Crippen molar-refractivity contribution >= 4 is 17.2 Å². The summed E-state index contributed by atoms with van der Waals surface area (Å²) in [6.07, 6.45) is 3.50. The Hall–Kier alpha value is -2.11. The van der Waals surface area contributed by atoms with Gasteiger partial charge in [-0.05, 0) is 13.0 Å². The SMILES string of the molecule is CCN(C)C(=O)CNc1nccn2nc(C(C)(C)C)cc12. The van der Waals surface area contributed by atoms with E-state index >= 15 is 0 Å².